The molecule has 102 valence electrons. The molecule has 0 amide bonds. The van der Waals surface area contributed by atoms with Crippen molar-refractivity contribution in [1.82, 2.24) is 0 Å². The van der Waals surface area contributed by atoms with Crippen molar-refractivity contribution in [3.8, 4) is 5.75 Å². The number of hydrogen-bond donors (Lipinski definition) is 2. The second-order valence-electron chi connectivity index (χ2n) is 4.23. The Kier molecular flexibility index (Phi) is 7.41. The van der Waals surface area contributed by atoms with Gasteiger partial charge in [0.25, 0.3) is 0 Å². The molecule has 0 heterocycles. The fraction of sp³-hybridized carbons (Fsp3) is 0.571. The van der Waals surface area contributed by atoms with E-state index in [-0.39, 0.29) is 6.61 Å². The third-order valence-corrected chi connectivity index (χ3v) is 2.71. The average molecular weight is 254 g/mol. The molecule has 0 aliphatic rings. The van der Waals surface area contributed by atoms with E-state index in [4.69, 9.17) is 19.7 Å². The molecular weight excluding hydrogens is 232 g/mol. The van der Waals surface area contributed by atoms with Gasteiger partial charge in [-0.2, -0.15) is 0 Å². The maximum atomic E-state index is 9.14. The van der Waals surface area contributed by atoms with Gasteiger partial charge < -0.3 is 19.7 Å². The number of ether oxygens (including phenoxy) is 2. The molecular formula is C14H22O4. The van der Waals surface area contributed by atoms with Crippen LogP contribution in [0.25, 0.3) is 0 Å². The van der Waals surface area contributed by atoms with Gasteiger partial charge >= 0.3 is 0 Å². The fourth-order valence-electron chi connectivity index (χ4n) is 1.59. The molecule has 0 aliphatic carbocycles. The molecule has 0 aliphatic heterocycles. The van der Waals surface area contributed by atoms with E-state index in [0.29, 0.717) is 19.6 Å². The Morgan fingerprint density at radius 1 is 1.17 bits per heavy atom. The Labute approximate surface area is 108 Å². The Bertz CT molecular complexity index is 310. The van der Waals surface area contributed by atoms with E-state index in [1.54, 1.807) is 7.11 Å². The Balaban J connectivity index is 2.06. The minimum absolute atomic E-state index is 0.160. The summed E-state index contributed by atoms with van der Waals surface area (Å²) in [6.45, 7) is 1.10. The van der Waals surface area contributed by atoms with Gasteiger partial charge in [0.05, 0.1) is 26.4 Å². The van der Waals surface area contributed by atoms with Gasteiger partial charge in [-0.25, -0.2) is 0 Å². The first-order valence-corrected chi connectivity index (χ1v) is 6.26. The topological polar surface area (TPSA) is 58.9 Å². The number of benzene rings is 1. The normalized spacial score (nSPS) is 12.4. The first-order chi connectivity index (χ1) is 8.76. The highest BCUT2D eigenvalue weighted by Crippen LogP contribution is 2.12. The van der Waals surface area contributed by atoms with E-state index >= 15 is 0 Å². The van der Waals surface area contributed by atoms with Crippen molar-refractivity contribution in [1.29, 1.82) is 0 Å². The van der Waals surface area contributed by atoms with Crippen LogP contribution in [-0.4, -0.2) is 36.6 Å². The number of hydrogen-bond acceptors (Lipinski definition) is 4. The molecule has 0 aromatic heterocycles. The summed E-state index contributed by atoms with van der Waals surface area (Å²) in [6, 6.07) is 7.79. The number of unbranched alkanes of at least 4 members (excludes halogenated alkanes) is 1. The molecule has 1 aromatic carbocycles. The second-order valence-corrected chi connectivity index (χ2v) is 4.23. The van der Waals surface area contributed by atoms with Crippen LogP contribution in [0.2, 0.25) is 0 Å². The molecule has 0 saturated carbocycles. The highest BCUT2D eigenvalue weighted by Gasteiger charge is 2.01. The Hall–Kier alpha value is -1.10. The molecule has 0 bridgehead atoms. The quantitative estimate of drug-likeness (QED) is 0.659. The SMILES string of the molecule is COc1ccc(COCCCCC(O)CO)cc1. The molecule has 0 spiro atoms. The summed E-state index contributed by atoms with van der Waals surface area (Å²) >= 11 is 0. The lowest BCUT2D eigenvalue weighted by atomic mass is 10.2. The minimum atomic E-state index is -0.591. The highest BCUT2D eigenvalue weighted by atomic mass is 16.5. The monoisotopic (exact) mass is 254 g/mol. The van der Waals surface area contributed by atoms with Gasteiger partial charge in [0, 0.05) is 6.61 Å². The molecule has 1 aromatic rings. The maximum absolute atomic E-state index is 9.14. The van der Waals surface area contributed by atoms with Crippen molar-refractivity contribution >= 4 is 0 Å². The van der Waals surface area contributed by atoms with Gasteiger partial charge in [-0.3, -0.25) is 0 Å². The van der Waals surface area contributed by atoms with Crippen LogP contribution >= 0.6 is 0 Å². The van der Waals surface area contributed by atoms with Crippen molar-refractivity contribution in [2.24, 2.45) is 0 Å². The van der Waals surface area contributed by atoms with Gasteiger partial charge in [0.1, 0.15) is 5.75 Å². The van der Waals surface area contributed by atoms with Gasteiger partial charge in [-0.05, 0) is 37.0 Å². The summed E-state index contributed by atoms with van der Waals surface area (Å²) in [6.07, 6.45) is 1.80. The van der Waals surface area contributed by atoms with Crippen LogP contribution in [0.1, 0.15) is 24.8 Å². The zero-order valence-corrected chi connectivity index (χ0v) is 10.8. The molecule has 2 N–H and O–H groups in total. The lowest BCUT2D eigenvalue weighted by Crippen LogP contribution is -2.11. The Morgan fingerprint density at radius 3 is 2.50 bits per heavy atom. The average Bonchev–Trinajstić information content (AvgIpc) is 2.43. The van der Waals surface area contributed by atoms with E-state index in [9.17, 15) is 0 Å². The third-order valence-electron chi connectivity index (χ3n) is 2.71. The molecule has 0 radical (unpaired) electrons. The predicted molar refractivity (Wildman–Crippen MR) is 69.6 cm³/mol. The van der Waals surface area contributed by atoms with Crippen LogP contribution in [0.3, 0.4) is 0 Å². The van der Waals surface area contributed by atoms with E-state index in [0.717, 1.165) is 24.2 Å². The van der Waals surface area contributed by atoms with Crippen LogP contribution in [-0.2, 0) is 11.3 Å². The van der Waals surface area contributed by atoms with Gasteiger partial charge in [-0.15, -0.1) is 0 Å². The summed E-state index contributed by atoms with van der Waals surface area (Å²) in [5.74, 6) is 0.844. The van der Waals surface area contributed by atoms with E-state index in [1.807, 2.05) is 24.3 Å². The summed E-state index contributed by atoms with van der Waals surface area (Å²) in [4.78, 5) is 0. The summed E-state index contributed by atoms with van der Waals surface area (Å²) in [5, 5.41) is 17.8. The number of rotatable bonds is 9. The van der Waals surface area contributed by atoms with Crippen LogP contribution < -0.4 is 4.74 Å². The number of aliphatic hydroxyl groups is 2. The zero-order chi connectivity index (χ0) is 13.2. The lowest BCUT2D eigenvalue weighted by molar-refractivity contribution is 0.0785. The molecule has 4 nitrogen and oxygen atoms in total. The number of methoxy groups -OCH3 is 1. The summed E-state index contributed by atoms with van der Waals surface area (Å²) in [5.41, 5.74) is 1.12. The number of aliphatic hydroxyl groups excluding tert-OH is 2. The molecule has 18 heavy (non-hydrogen) atoms. The summed E-state index contributed by atoms with van der Waals surface area (Å²) in [7, 11) is 1.65. The largest absolute Gasteiger partial charge is 0.497 e. The molecule has 4 heteroatoms. The van der Waals surface area contributed by atoms with E-state index in [1.165, 1.54) is 0 Å². The van der Waals surface area contributed by atoms with Gasteiger partial charge in [-0.1, -0.05) is 12.1 Å². The van der Waals surface area contributed by atoms with E-state index < -0.39 is 6.10 Å². The van der Waals surface area contributed by atoms with Crippen LogP contribution in [0.5, 0.6) is 5.75 Å². The third kappa shape index (κ3) is 6.00. The van der Waals surface area contributed by atoms with Crippen molar-refractivity contribution in [2.45, 2.75) is 32.0 Å². The van der Waals surface area contributed by atoms with Crippen LogP contribution in [0, 0.1) is 0 Å². The first-order valence-electron chi connectivity index (χ1n) is 6.26. The zero-order valence-electron chi connectivity index (χ0n) is 10.8. The lowest BCUT2D eigenvalue weighted by Gasteiger charge is -2.07. The first kappa shape index (κ1) is 15.0. The van der Waals surface area contributed by atoms with E-state index in [2.05, 4.69) is 0 Å². The van der Waals surface area contributed by atoms with Gasteiger partial charge in [0.2, 0.25) is 0 Å². The second kappa shape index (κ2) is 8.91. The maximum Gasteiger partial charge on any atom is 0.118 e. The fourth-order valence-corrected chi connectivity index (χ4v) is 1.59. The highest BCUT2D eigenvalue weighted by molar-refractivity contribution is 5.26. The molecule has 1 rings (SSSR count). The van der Waals surface area contributed by atoms with Crippen LogP contribution in [0.4, 0.5) is 0 Å². The van der Waals surface area contributed by atoms with Crippen LogP contribution in [0.15, 0.2) is 24.3 Å². The van der Waals surface area contributed by atoms with Crippen molar-refractivity contribution < 1.29 is 19.7 Å². The van der Waals surface area contributed by atoms with Crippen molar-refractivity contribution in [3.63, 3.8) is 0 Å². The molecule has 0 saturated heterocycles. The smallest absolute Gasteiger partial charge is 0.118 e. The standard InChI is InChI=1S/C14H22O4/c1-17-14-7-5-12(6-8-14)11-18-9-3-2-4-13(16)10-15/h5-8,13,15-16H,2-4,9-11H2,1H3. The minimum Gasteiger partial charge on any atom is -0.497 e. The Morgan fingerprint density at radius 2 is 1.89 bits per heavy atom. The van der Waals surface area contributed by atoms with Crippen molar-refractivity contribution in [3.05, 3.63) is 29.8 Å². The predicted octanol–water partition coefficient (Wildman–Crippen LogP) is 1.74. The molecule has 1 unspecified atom stereocenters. The van der Waals surface area contributed by atoms with Gasteiger partial charge in [0.15, 0.2) is 0 Å². The molecule has 0 fully saturated rings. The molecule has 1 atom stereocenters. The van der Waals surface area contributed by atoms with Crippen molar-refractivity contribution in [2.75, 3.05) is 20.3 Å². The summed E-state index contributed by atoms with van der Waals surface area (Å²) < 4.78 is 10.6.